The van der Waals surface area contributed by atoms with Gasteiger partial charge in [0.2, 0.25) is 17.7 Å². The van der Waals surface area contributed by atoms with Crippen LogP contribution >= 0.6 is 23.2 Å². The largest absolute Gasteiger partial charge is 0.369 e. The number of nitrogens with one attached hydrogen (secondary N) is 3. The van der Waals surface area contributed by atoms with Gasteiger partial charge in [-0.05, 0) is 67.9 Å². The first kappa shape index (κ1) is 27.5. The summed E-state index contributed by atoms with van der Waals surface area (Å²) < 4.78 is 15.9. The van der Waals surface area contributed by atoms with Crippen molar-refractivity contribution in [3.8, 4) is 0 Å². The lowest BCUT2D eigenvalue weighted by molar-refractivity contribution is -0.124. The van der Waals surface area contributed by atoms with Gasteiger partial charge in [0.05, 0.1) is 11.1 Å². The second-order valence-corrected chi connectivity index (χ2v) is 12.6. The molecule has 40 heavy (non-hydrogen) atoms. The van der Waals surface area contributed by atoms with E-state index in [0.717, 1.165) is 24.8 Å². The Labute approximate surface area is 242 Å². The van der Waals surface area contributed by atoms with E-state index in [1.807, 2.05) is 6.07 Å². The van der Waals surface area contributed by atoms with Crippen molar-refractivity contribution in [3.63, 3.8) is 0 Å². The van der Waals surface area contributed by atoms with E-state index < -0.39 is 28.7 Å². The molecule has 2 aliphatic carbocycles. The van der Waals surface area contributed by atoms with Crippen molar-refractivity contribution < 1.29 is 18.8 Å². The first-order valence-corrected chi connectivity index (χ1v) is 14.9. The van der Waals surface area contributed by atoms with E-state index in [4.69, 9.17) is 28.9 Å². The van der Waals surface area contributed by atoms with E-state index in [9.17, 15) is 14.4 Å². The Kier molecular flexibility index (Phi) is 7.08. The number of benzene rings is 2. The molecule has 3 fully saturated rings. The molecule has 3 atom stereocenters. The molecule has 212 valence electrons. The predicted molar refractivity (Wildman–Crippen MR) is 152 cm³/mol. The maximum Gasteiger partial charge on any atom is 0.238 e. The van der Waals surface area contributed by atoms with E-state index >= 15 is 4.39 Å². The number of primary amides is 1. The van der Waals surface area contributed by atoms with E-state index in [0.29, 0.717) is 49.2 Å². The third-order valence-corrected chi connectivity index (χ3v) is 10.3. The summed E-state index contributed by atoms with van der Waals surface area (Å²) >= 11 is 12.6. The van der Waals surface area contributed by atoms with Gasteiger partial charge in [0.1, 0.15) is 11.2 Å². The fraction of sp³-hybridized carbons (Fsp3) is 0.500. The number of hydrogen-bond donors (Lipinski definition) is 4. The van der Waals surface area contributed by atoms with Crippen LogP contribution in [0.15, 0.2) is 36.4 Å². The molecule has 10 heteroatoms. The quantitative estimate of drug-likeness (QED) is 0.406. The van der Waals surface area contributed by atoms with Gasteiger partial charge in [-0.1, -0.05) is 60.7 Å². The molecule has 1 saturated heterocycles. The monoisotopic (exact) mass is 586 g/mol. The molecule has 5 N–H and O–H groups in total. The van der Waals surface area contributed by atoms with Crippen LogP contribution in [0.25, 0.3) is 0 Å². The van der Waals surface area contributed by atoms with Crippen LogP contribution < -0.4 is 21.7 Å². The average molecular weight is 588 g/mol. The highest BCUT2D eigenvalue weighted by molar-refractivity contribution is 6.31. The Morgan fingerprint density at radius 1 is 1.02 bits per heavy atom. The van der Waals surface area contributed by atoms with Crippen molar-refractivity contribution in [2.75, 3.05) is 5.32 Å². The fourth-order valence-electron chi connectivity index (χ4n) is 8.03. The van der Waals surface area contributed by atoms with Gasteiger partial charge in [0, 0.05) is 34.1 Å². The molecule has 2 saturated carbocycles. The molecule has 0 bridgehead atoms. The molecule has 3 amide bonds. The molecule has 2 heterocycles. The third-order valence-electron chi connectivity index (χ3n) is 9.78. The standard InChI is InChI=1S/C30H33Cl2FN4O3/c31-17-9-12-20-22(15-17)36-28(40)30(20)23(19-5-4-6-21(32)24(19)33)25(37-29(30)13-2-1-3-14-29)27(39)35-18-10-7-16(8-11-18)26(34)38/h4-6,9,12,15-16,18,23,25,37H,1-3,7-8,10-11,13-14H2,(H2,34,38)(H,35,39)(H,36,40)/t16?,18?,23-,25+,30+/m0/s1. The van der Waals surface area contributed by atoms with Crippen LogP contribution in [0.2, 0.25) is 10.0 Å². The minimum absolute atomic E-state index is 0.0593. The highest BCUT2D eigenvalue weighted by atomic mass is 35.5. The van der Waals surface area contributed by atoms with Gasteiger partial charge in [0.25, 0.3) is 0 Å². The van der Waals surface area contributed by atoms with Gasteiger partial charge >= 0.3 is 0 Å². The second kappa shape index (κ2) is 10.3. The van der Waals surface area contributed by atoms with E-state index in [2.05, 4.69) is 16.0 Å². The Bertz CT molecular complexity index is 1370. The lowest BCUT2D eigenvalue weighted by Gasteiger charge is -2.47. The highest BCUT2D eigenvalue weighted by Crippen LogP contribution is 2.62. The maximum absolute atomic E-state index is 15.9. The van der Waals surface area contributed by atoms with E-state index in [1.165, 1.54) is 6.07 Å². The number of carbonyl (C=O) groups is 3. The van der Waals surface area contributed by atoms with Crippen LogP contribution in [0.1, 0.15) is 74.8 Å². The summed E-state index contributed by atoms with van der Waals surface area (Å²) in [6.07, 6.45) is 6.56. The van der Waals surface area contributed by atoms with Gasteiger partial charge in [-0.15, -0.1) is 0 Å². The molecule has 0 radical (unpaired) electrons. The van der Waals surface area contributed by atoms with E-state index in [-0.39, 0.29) is 40.3 Å². The molecule has 0 unspecified atom stereocenters. The Morgan fingerprint density at radius 3 is 2.45 bits per heavy atom. The Hall–Kier alpha value is -2.68. The summed E-state index contributed by atoms with van der Waals surface area (Å²) in [5, 5.41) is 10.3. The first-order chi connectivity index (χ1) is 19.2. The number of carbonyl (C=O) groups excluding carboxylic acids is 3. The third kappa shape index (κ3) is 4.13. The maximum atomic E-state index is 15.9. The van der Waals surface area contributed by atoms with Gasteiger partial charge in [-0.2, -0.15) is 0 Å². The zero-order valence-corrected chi connectivity index (χ0v) is 23.6. The summed E-state index contributed by atoms with van der Waals surface area (Å²) in [4.78, 5) is 40.2. The van der Waals surface area contributed by atoms with Crippen molar-refractivity contribution in [1.29, 1.82) is 0 Å². The van der Waals surface area contributed by atoms with Crippen LogP contribution in [0.3, 0.4) is 0 Å². The zero-order valence-electron chi connectivity index (χ0n) is 22.1. The first-order valence-electron chi connectivity index (χ1n) is 14.1. The number of nitrogens with two attached hydrogens (primary N) is 1. The molecular formula is C30H33Cl2FN4O3. The highest BCUT2D eigenvalue weighted by Gasteiger charge is 2.72. The number of anilines is 1. The Morgan fingerprint density at radius 2 is 1.75 bits per heavy atom. The predicted octanol–water partition coefficient (Wildman–Crippen LogP) is 4.94. The van der Waals surface area contributed by atoms with Crippen LogP contribution in [0, 0.1) is 11.7 Å². The smallest absolute Gasteiger partial charge is 0.238 e. The molecule has 6 rings (SSSR count). The molecule has 0 aromatic heterocycles. The number of halogens is 3. The summed E-state index contributed by atoms with van der Waals surface area (Å²) in [6.45, 7) is 0. The van der Waals surface area contributed by atoms with Crippen LogP contribution in [-0.4, -0.2) is 35.3 Å². The number of fused-ring (bicyclic) bond motifs is 3. The van der Waals surface area contributed by atoms with Crippen molar-refractivity contribution in [1.82, 2.24) is 10.6 Å². The molecule has 7 nitrogen and oxygen atoms in total. The second-order valence-electron chi connectivity index (χ2n) is 11.8. The summed E-state index contributed by atoms with van der Waals surface area (Å²) in [5.74, 6) is -2.55. The van der Waals surface area contributed by atoms with Crippen LogP contribution in [0.4, 0.5) is 10.1 Å². The van der Waals surface area contributed by atoms with Crippen molar-refractivity contribution in [3.05, 3.63) is 63.4 Å². The van der Waals surface area contributed by atoms with Gasteiger partial charge in [0.15, 0.2) is 0 Å². The SMILES string of the molecule is NC(=O)C1CCC(NC(=O)[C@@H]2NC3(CCCCC3)[C@@]3(C(=O)Nc4cc(Cl)ccc43)[C@H]2c2cccc(Cl)c2F)CC1. The summed E-state index contributed by atoms with van der Waals surface area (Å²) in [5.41, 5.74) is 5.00. The average Bonchev–Trinajstić information content (AvgIpc) is 3.38. The van der Waals surface area contributed by atoms with Gasteiger partial charge in [-0.25, -0.2) is 4.39 Å². The van der Waals surface area contributed by atoms with Crippen molar-refractivity contribution in [2.45, 2.75) is 86.7 Å². The number of amides is 3. The van der Waals surface area contributed by atoms with E-state index in [1.54, 1.807) is 24.3 Å². The van der Waals surface area contributed by atoms with Gasteiger partial charge in [-0.3, -0.25) is 19.7 Å². The number of hydrogen-bond acceptors (Lipinski definition) is 4. The summed E-state index contributed by atoms with van der Waals surface area (Å²) in [6, 6.07) is 9.04. The molecule has 2 aromatic rings. The molecule has 2 aromatic carbocycles. The number of rotatable bonds is 4. The Balaban J connectivity index is 1.48. The normalized spacial score (nSPS) is 30.7. The van der Waals surface area contributed by atoms with Crippen molar-refractivity contribution in [2.24, 2.45) is 11.7 Å². The van der Waals surface area contributed by atoms with Crippen LogP contribution in [0.5, 0.6) is 0 Å². The lowest BCUT2D eigenvalue weighted by Crippen LogP contribution is -2.60. The molecule has 2 aliphatic heterocycles. The lowest BCUT2D eigenvalue weighted by atomic mass is 9.55. The minimum atomic E-state index is -1.26. The molecule has 2 spiro atoms. The molecular weight excluding hydrogens is 554 g/mol. The minimum Gasteiger partial charge on any atom is -0.369 e. The summed E-state index contributed by atoms with van der Waals surface area (Å²) in [7, 11) is 0. The topological polar surface area (TPSA) is 113 Å². The van der Waals surface area contributed by atoms with Gasteiger partial charge < -0.3 is 16.4 Å². The van der Waals surface area contributed by atoms with Crippen LogP contribution in [-0.2, 0) is 19.8 Å². The zero-order chi connectivity index (χ0) is 28.2. The fourth-order valence-corrected chi connectivity index (χ4v) is 8.38. The molecule has 4 aliphatic rings. The van der Waals surface area contributed by atoms with Crippen molar-refractivity contribution >= 4 is 46.6 Å².